The van der Waals surface area contributed by atoms with E-state index in [2.05, 4.69) is 9.80 Å². The van der Waals surface area contributed by atoms with Gasteiger partial charge in [-0.3, -0.25) is 14.5 Å². The lowest BCUT2D eigenvalue weighted by molar-refractivity contribution is -0.123. The molecule has 0 N–H and O–H groups in total. The van der Waals surface area contributed by atoms with Gasteiger partial charge in [-0.2, -0.15) is 0 Å². The summed E-state index contributed by atoms with van der Waals surface area (Å²) >= 11 is 5.89. The number of carbonyl (C=O) groups is 2. The molecule has 0 spiro atoms. The molecule has 0 aliphatic carbocycles. The van der Waals surface area contributed by atoms with Crippen LogP contribution < -0.4 is 9.80 Å². The molecule has 2 aromatic rings. The standard InChI is InChI=1S/C20H19ClFN3O2/c21-14-1-5-17(6-2-14)25-19(26)13-18(20(25)27)24-11-9-23(10-12-24)16-7-3-15(22)4-8-16/h1-8,18H,9-13H2/t18-/m1/s1. The second-order valence-corrected chi connectivity index (χ2v) is 7.20. The molecule has 1 atom stereocenters. The average Bonchev–Trinajstić information content (AvgIpc) is 2.98. The predicted octanol–water partition coefficient (Wildman–Crippen LogP) is 2.93. The molecule has 4 rings (SSSR count). The molecule has 2 amide bonds. The van der Waals surface area contributed by atoms with E-state index >= 15 is 0 Å². The Kier molecular flexibility index (Phi) is 4.85. The first-order valence-corrected chi connectivity index (χ1v) is 9.27. The largest absolute Gasteiger partial charge is 0.369 e. The molecule has 5 nitrogen and oxygen atoms in total. The number of halogens is 2. The minimum atomic E-state index is -0.427. The van der Waals surface area contributed by atoms with Crippen LogP contribution in [0.25, 0.3) is 0 Å². The molecule has 0 unspecified atom stereocenters. The van der Waals surface area contributed by atoms with Crippen LogP contribution in [-0.2, 0) is 9.59 Å². The second kappa shape index (κ2) is 7.29. The Morgan fingerprint density at radius 2 is 1.44 bits per heavy atom. The quantitative estimate of drug-likeness (QED) is 0.759. The van der Waals surface area contributed by atoms with Gasteiger partial charge in [-0.05, 0) is 48.5 Å². The number of hydrogen-bond acceptors (Lipinski definition) is 4. The molecule has 7 heteroatoms. The fraction of sp³-hybridized carbons (Fsp3) is 0.300. The number of amides is 2. The molecule has 0 saturated carbocycles. The van der Waals surface area contributed by atoms with Gasteiger partial charge < -0.3 is 4.90 Å². The minimum Gasteiger partial charge on any atom is -0.369 e. The van der Waals surface area contributed by atoms with Gasteiger partial charge in [-0.15, -0.1) is 0 Å². The summed E-state index contributed by atoms with van der Waals surface area (Å²) in [6.07, 6.45) is 0.192. The number of piperazine rings is 1. The van der Waals surface area contributed by atoms with Gasteiger partial charge in [-0.1, -0.05) is 11.6 Å². The lowest BCUT2D eigenvalue weighted by Crippen LogP contribution is -2.52. The van der Waals surface area contributed by atoms with E-state index in [0.29, 0.717) is 23.8 Å². The van der Waals surface area contributed by atoms with Gasteiger partial charge in [0.2, 0.25) is 5.91 Å². The maximum atomic E-state index is 13.1. The smallest absolute Gasteiger partial charge is 0.251 e. The molecule has 0 radical (unpaired) electrons. The Balaban J connectivity index is 1.43. The molecule has 2 aliphatic heterocycles. The number of rotatable bonds is 3. The number of nitrogens with zero attached hydrogens (tertiary/aromatic N) is 3. The highest BCUT2D eigenvalue weighted by Gasteiger charge is 2.43. The van der Waals surface area contributed by atoms with E-state index in [0.717, 1.165) is 18.8 Å². The van der Waals surface area contributed by atoms with Crippen molar-refractivity contribution in [1.82, 2.24) is 4.90 Å². The highest BCUT2D eigenvalue weighted by molar-refractivity contribution is 6.30. The first kappa shape index (κ1) is 17.9. The van der Waals surface area contributed by atoms with E-state index in [1.165, 1.54) is 17.0 Å². The van der Waals surface area contributed by atoms with Gasteiger partial charge in [0.05, 0.1) is 18.2 Å². The van der Waals surface area contributed by atoms with E-state index in [-0.39, 0.29) is 24.1 Å². The summed E-state index contributed by atoms with van der Waals surface area (Å²) in [5, 5.41) is 0.561. The van der Waals surface area contributed by atoms with Crippen molar-refractivity contribution in [1.29, 1.82) is 0 Å². The van der Waals surface area contributed by atoms with Crippen LogP contribution in [0, 0.1) is 5.82 Å². The van der Waals surface area contributed by atoms with Crippen molar-refractivity contribution >= 4 is 34.8 Å². The third kappa shape index (κ3) is 3.55. The van der Waals surface area contributed by atoms with Crippen LogP contribution in [0.2, 0.25) is 5.02 Å². The summed E-state index contributed by atoms with van der Waals surface area (Å²) < 4.78 is 13.1. The van der Waals surface area contributed by atoms with Crippen molar-refractivity contribution in [2.45, 2.75) is 12.5 Å². The topological polar surface area (TPSA) is 43.9 Å². The Morgan fingerprint density at radius 3 is 2.07 bits per heavy atom. The van der Waals surface area contributed by atoms with E-state index in [9.17, 15) is 14.0 Å². The molecule has 140 valence electrons. The normalized spacial score (nSPS) is 21.2. The molecule has 0 bridgehead atoms. The first-order chi connectivity index (χ1) is 13.0. The maximum Gasteiger partial charge on any atom is 0.251 e. The maximum absolute atomic E-state index is 13.1. The van der Waals surface area contributed by atoms with Crippen LogP contribution in [0.3, 0.4) is 0 Å². The average molecular weight is 388 g/mol. The third-order valence-electron chi connectivity index (χ3n) is 5.15. The zero-order valence-electron chi connectivity index (χ0n) is 14.6. The summed E-state index contributed by atoms with van der Waals surface area (Å²) in [4.78, 5) is 30.8. The van der Waals surface area contributed by atoms with Gasteiger partial charge in [0, 0.05) is 36.9 Å². The van der Waals surface area contributed by atoms with E-state index in [4.69, 9.17) is 11.6 Å². The number of benzene rings is 2. The van der Waals surface area contributed by atoms with Crippen LogP contribution in [0.15, 0.2) is 48.5 Å². The van der Waals surface area contributed by atoms with Crippen molar-refractivity contribution in [3.63, 3.8) is 0 Å². The van der Waals surface area contributed by atoms with E-state index in [1.54, 1.807) is 36.4 Å². The number of imide groups is 1. The van der Waals surface area contributed by atoms with Crippen LogP contribution in [0.1, 0.15) is 6.42 Å². The molecular weight excluding hydrogens is 369 g/mol. The van der Waals surface area contributed by atoms with Crippen molar-refractivity contribution < 1.29 is 14.0 Å². The number of carbonyl (C=O) groups excluding carboxylic acids is 2. The Morgan fingerprint density at radius 1 is 0.852 bits per heavy atom. The second-order valence-electron chi connectivity index (χ2n) is 6.76. The molecule has 2 heterocycles. The van der Waals surface area contributed by atoms with Crippen LogP contribution >= 0.6 is 11.6 Å². The zero-order chi connectivity index (χ0) is 19.0. The van der Waals surface area contributed by atoms with Crippen LogP contribution in [-0.4, -0.2) is 48.9 Å². The molecule has 2 fully saturated rings. The summed E-state index contributed by atoms with van der Waals surface area (Å²) in [6, 6.07) is 12.7. The predicted molar refractivity (Wildman–Crippen MR) is 103 cm³/mol. The Hall–Kier alpha value is -2.44. The Labute approximate surface area is 161 Å². The molecule has 0 aromatic heterocycles. The first-order valence-electron chi connectivity index (χ1n) is 8.90. The highest BCUT2D eigenvalue weighted by atomic mass is 35.5. The lowest BCUT2D eigenvalue weighted by atomic mass is 10.1. The zero-order valence-corrected chi connectivity index (χ0v) is 15.4. The van der Waals surface area contributed by atoms with Gasteiger partial charge in [0.25, 0.3) is 5.91 Å². The van der Waals surface area contributed by atoms with Crippen molar-refractivity contribution in [2.24, 2.45) is 0 Å². The highest BCUT2D eigenvalue weighted by Crippen LogP contribution is 2.28. The summed E-state index contributed by atoms with van der Waals surface area (Å²) in [6.45, 7) is 2.81. The molecular formula is C20H19ClFN3O2. The van der Waals surface area contributed by atoms with Gasteiger partial charge in [-0.25, -0.2) is 9.29 Å². The molecule has 27 heavy (non-hydrogen) atoms. The SMILES string of the molecule is O=C1C[C@@H](N2CCN(c3ccc(F)cc3)CC2)C(=O)N1c1ccc(Cl)cc1. The van der Waals surface area contributed by atoms with Crippen LogP contribution in [0.4, 0.5) is 15.8 Å². The summed E-state index contributed by atoms with van der Waals surface area (Å²) in [7, 11) is 0. The summed E-state index contributed by atoms with van der Waals surface area (Å²) in [5.41, 5.74) is 1.52. The number of anilines is 2. The number of hydrogen-bond donors (Lipinski definition) is 0. The van der Waals surface area contributed by atoms with Crippen molar-refractivity contribution in [2.75, 3.05) is 36.0 Å². The van der Waals surface area contributed by atoms with Gasteiger partial charge in [0.1, 0.15) is 5.82 Å². The lowest BCUT2D eigenvalue weighted by Gasteiger charge is -2.38. The van der Waals surface area contributed by atoms with Crippen molar-refractivity contribution in [3.8, 4) is 0 Å². The monoisotopic (exact) mass is 387 g/mol. The van der Waals surface area contributed by atoms with E-state index < -0.39 is 6.04 Å². The molecule has 2 aromatic carbocycles. The fourth-order valence-corrected chi connectivity index (χ4v) is 3.83. The summed E-state index contributed by atoms with van der Waals surface area (Å²) in [5.74, 6) is -0.624. The van der Waals surface area contributed by atoms with Crippen LogP contribution in [0.5, 0.6) is 0 Å². The molecule has 2 saturated heterocycles. The van der Waals surface area contributed by atoms with Gasteiger partial charge in [0.15, 0.2) is 0 Å². The molecule has 2 aliphatic rings. The minimum absolute atomic E-state index is 0.183. The Bertz CT molecular complexity index is 849. The third-order valence-corrected chi connectivity index (χ3v) is 5.41. The van der Waals surface area contributed by atoms with Gasteiger partial charge >= 0.3 is 0 Å². The van der Waals surface area contributed by atoms with Crippen molar-refractivity contribution in [3.05, 3.63) is 59.4 Å². The fourth-order valence-electron chi connectivity index (χ4n) is 3.71. The van der Waals surface area contributed by atoms with E-state index in [1.807, 2.05) is 0 Å².